The van der Waals surface area contributed by atoms with Gasteiger partial charge in [0.25, 0.3) is 11.8 Å². The van der Waals surface area contributed by atoms with Crippen molar-refractivity contribution in [1.82, 2.24) is 5.43 Å². The van der Waals surface area contributed by atoms with Crippen molar-refractivity contribution >= 4 is 34.6 Å². The van der Waals surface area contributed by atoms with Gasteiger partial charge in [-0.3, -0.25) is 9.59 Å². The zero-order valence-corrected chi connectivity index (χ0v) is 19.3. The van der Waals surface area contributed by atoms with Gasteiger partial charge in [-0.2, -0.15) is 5.10 Å². The molecular formula is C25H24FN3O3S. The van der Waals surface area contributed by atoms with E-state index in [0.29, 0.717) is 17.7 Å². The number of thiophene rings is 1. The van der Waals surface area contributed by atoms with Crippen molar-refractivity contribution in [2.75, 3.05) is 4.90 Å². The number of carbonyl (C=O) groups excluding carboxylic acids is 2. The molecule has 2 aliphatic rings. The van der Waals surface area contributed by atoms with Crippen LogP contribution in [-0.2, 0) is 12.8 Å². The van der Waals surface area contributed by atoms with E-state index in [1.165, 1.54) is 23.5 Å². The van der Waals surface area contributed by atoms with Crippen LogP contribution in [0.1, 0.15) is 68.9 Å². The maximum absolute atomic E-state index is 13.8. The Hall–Kier alpha value is -3.26. The third kappa shape index (κ3) is 3.88. The molecule has 1 aromatic carbocycles. The SMILES string of the molecule is Cc1c(C(=O)N2c3ccc(F)cc3CCC2C)oc2c1/C(=N/NC(=O)c1cccs1)CCC2. The van der Waals surface area contributed by atoms with Gasteiger partial charge < -0.3 is 9.32 Å². The average molecular weight is 466 g/mol. The van der Waals surface area contributed by atoms with Crippen molar-refractivity contribution in [2.24, 2.45) is 5.10 Å². The quantitative estimate of drug-likeness (QED) is 0.538. The third-order valence-corrected chi connectivity index (χ3v) is 7.22. The van der Waals surface area contributed by atoms with Crippen molar-refractivity contribution < 1.29 is 18.4 Å². The number of benzene rings is 1. The summed E-state index contributed by atoms with van der Waals surface area (Å²) in [4.78, 5) is 28.3. The summed E-state index contributed by atoms with van der Waals surface area (Å²) in [5, 5.41) is 6.22. The molecule has 2 aromatic heterocycles. The lowest BCUT2D eigenvalue weighted by atomic mass is 9.92. The minimum atomic E-state index is -0.300. The minimum Gasteiger partial charge on any atom is -0.455 e. The van der Waals surface area contributed by atoms with E-state index < -0.39 is 0 Å². The number of rotatable bonds is 3. The third-order valence-electron chi connectivity index (χ3n) is 6.35. The fourth-order valence-corrected chi connectivity index (χ4v) is 5.32. The number of nitrogens with one attached hydrogen (secondary N) is 1. The van der Waals surface area contributed by atoms with E-state index in [4.69, 9.17) is 4.42 Å². The summed E-state index contributed by atoms with van der Waals surface area (Å²) in [5.41, 5.74) is 6.44. The number of aryl methyl sites for hydroxylation is 2. The maximum atomic E-state index is 13.8. The second kappa shape index (κ2) is 8.59. The summed E-state index contributed by atoms with van der Waals surface area (Å²) in [6.07, 6.45) is 3.70. The molecule has 0 saturated heterocycles. The van der Waals surface area contributed by atoms with Crippen LogP contribution in [0.5, 0.6) is 0 Å². The normalized spacial score (nSPS) is 18.7. The predicted molar refractivity (Wildman–Crippen MR) is 126 cm³/mol. The molecule has 1 N–H and O–H groups in total. The van der Waals surface area contributed by atoms with Crippen LogP contribution in [0.4, 0.5) is 10.1 Å². The molecule has 1 aliphatic heterocycles. The highest BCUT2D eigenvalue weighted by atomic mass is 32.1. The summed E-state index contributed by atoms with van der Waals surface area (Å²) in [6.45, 7) is 3.85. The first kappa shape index (κ1) is 21.6. The van der Waals surface area contributed by atoms with Crippen LogP contribution in [0, 0.1) is 12.7 Å². The lowest BCUT2D eigenvalue weighted by molar-refractivity contribution is 0.0942. The maximum Gasteiger partial charge on any atom is 0.294 e. The van der Waals surface area contributed by atoms with Crippen LogP contribution in [0.15, 0.2) is 45.2 Å². The fraction of sp³-hybridized carbons (Fsp3) is 0.320. The van der Waals surface area contributed by atoms with Gasteiger partial charge in [-0.05, 0) is 74.7 Å². The number of hydrogen-bond acceptors (Lipinski definition) is 5. The molecule has 0 fully saturated rings. The Balaban J connectivity index is 1.47. The van der Waals surface area contributed by atoms with E-state index in [-0.39, 0.29) is 29.4 Å². The number of amides is 2. The van der Waals surface area contributed by atoms with Gasteiger partial charge in [0.1, 0.15) is 11.6 Å². The molecule has 1 unspecified atom stereocenters. The van der Waals surface area contributed by atoms with Gasteiger partial charge >= 0.3 is 0 Å². The Labute approximate surface area is 195 Å². The molecule has 0 saturated carbocycles. The Kier molecular flexibility index (Phi) is 5.62. The molecule has 0 radical (unpaired) electrons. The molecule has 1 atom stereocenters. The number of fused-ring (bicyclic) bond motifs is 2. The van der Waals surface area contributed by atoms with Crippen LogP contribution < -0.4 is 10.3 Å². The standard InChI is InChI=1S/C25H24FN3O3S/c1-14-8-9-16-13-17(26)10-11-19(16)29(14)25(31)23-15(2)22-18(5-3-6-20(22)32-23)27-28-24(30)21-7-4-12-33-21/h4,7,10-14H,3,5-6,8-9H2,1-2H3,(H,28,30)/b27-18+. The number of hydrogen-bond donors (Lipinski definition) is 1. The minimum absolute atomic E-state index is 0.0322. The molecule has 33 heavy (non-hydrogen) atoms. The van der Waals surface area contributed by atoms with Crippen molar-refractivity contribution in [2.45, 2.75) is 52.0 Å². The van der Waals surface area contributed by atoms with Crippen LogP contribution in [0.3, 0.4) is 0 Å². The summed E-state index contributed by atoms with van der Waals surface area (Å²) >= 11 is 1.35. The zero-order chi connectivity index (χ0) is 23.1. The van der Waals surface area contributed by atoms with E-state index >= 15 is 0 Å². The smallest absolute Gasteiger partial charge is 0.294 e. The lowest BCUT2D eigenvalue weighted by Gasteiger charge is -2.34. The second-order valence-electron chi connectivity index (χ2n) is 8.52. The van der Waals surface area contributed by atoms with Crippen molar-refractivity contribution in [3.8, 4) is 0 Å². The van der Waals surface area contributed by atoms with E-state index in [9.17, 15) is 14.0 Å². The van der Waals surface area contributed by atoms with E-state index in [1.807, 2.05) is 25.3 Å². The van der Waals surface area contributed by atoms with Gasteiger partial charge in [-0.1, -0.05) is 6.07 Å². The van der Waals surface area contributed by atoms with E-state index in [0.717, 1.165) is 53.1 Å². The van der Waals surface area contributed by atoms with Crippen LogP contribution in [0.2, 0.25) is 0 Å². The Morgan fingerprint density at radius 3 is 2.88 bits per heavy atom. The molecule has 170 valence electrons. The van der Waals surface area contributed by atoms with Crippen LogP contribution >= 0.6 is 11.3 Å². The highest BCUT2D eigenvalue weighted by Crippen LogP contribution is 2.36. The molecule has 0 spiro atoms. The molecule has 6 nitrogen and oxygen atoms in total. The van der Waals surface area contributed by atoms with Crippen molar-refractivity contribution in [3.63, 3.8) is 0 Å². The summed E-state index contributed by atoms with van der Waals surface area (Å²) in [6, 6.07) is 8.09. The molecule has 8 heteroatoms. The molecular weight excluding hydrogens is 441 g/mol. The van der Waals surface area contributed by atoms with Gasteiger partial charge in [0.2, 0.25) is 0 Å². The zero-order valence-electron chi connectivity index (χ0n) is 18.5. The molecule has 0 bridgehead atoms. The average Bonchev–Trinajstić information content (AvgIpc) is 3.46. The van der Waals surface area contributed by atoms with Crippen LogP contribution in [0.25, 0.3) is 0 Å². The van der Waals surface area contributed by atoms with Gasteiger partial charge in [0, 0.05) is 29.3 Å². The van der Waals surface area contributed by atoms with Gasteiger partial charge in [-0.15, -0.1) is 11.3 Å². The topological polar surface area (TPSA) is 74.9 Å². The Morgan fingerprint density at radius 1 is 1.24 bits per heavy atom. The summed E-state index contributed by atoms with van der Waals surface area (Å²) in [5.74, 6) is 0.209. The number of furan rings is 1. The Morgan fingerprint density at radius 2 is 2.09 bits per heavy atom. The number of hydrazone groups is 1. The Bertz CT molecular complexity index is 1260. The fourth-order valence-electron chi connectivity index (χ4n) is 4.70. The molecule has 5 rings (SSSR count). The largest absolute Gasteiger partial charge is 0.455 e. The highest BCUT2D eigenvalue weighted by Gasteiger charge is 2.35. The lowest BCUT2D eigenvalue weighted by Crippen LogP contribution is -2.42. The molecule has 3 heterocycles. The summed E-state index contributed by atoms with van der Waals surface area (Å²) in [7, 11) is 0. The predicted octanol–water partition coefficient (Wildman–Crippen LogP) is 5.24. The molecule has 1 aliphatic carbocycles. The summed E-state index contributed by atoms with van der Waals surface area (Å²) < 4.78 is 19.9. The van der Waals surface area contributed by atoms with E-state index in [1.54, 1.807) is 17.0 Å². The van der Waals surface area contributed by atoms with Crippen molar-refractivity contribution in [1.29, 1.82) is 0 Å². The number of carbonyl (C=O) groups is 2. The number of halogens is 1. The van der Waals surface area contributed by atoms with Gasteiger partial charge in [0.15, 0.2) is 5.76 Å². The van der Waals surface area contributed by atoms with E-state index in [2.05, 4.69) is 10.5 Å². The van der Waals surface area contributed by atoms with Gasteiger partial charge in [0.05, 0.1) is 10.6 Å². The molecule has 2 amide bonds. The van der Waals surface area contributed by atoms with Crippen LogP contribution in [-0.4, -0.2) is 23.6 Å². The second-order valence-corrected chi connectivity index (χ2v) is 9.47. The monoisotopic (exact) mass is 465 g/mol. The number of nitrogens with zero attached hydrogens (tertiary/aromatic N) is 2. The first-order chi connectivity index (χ1) is 15.9. The highest BCUT2D eigenvalue weighted by molar-refractivity contribution is 7.12. The van der Waals surface area contributed by atoms with Gasteiger partial charge in [-0.25, -0.2) is 9.82 Å². The first-order valence-corrected chi connectivity index (χ1v) is 12.0. The number of anilines is 1. The van der Waals surface area contributed by atoms with Crippen molar-refractivity contribution in [3.05, 3.63) is 74.6 Å². The first-order valence-electron chi connectivity index (χ1n) is 11.1. The molecule has 3 aromatic rings.